The Balaban J connectivity index is 1.25. The van der Waals surface area contributed by atoms with Gasteiger partial charge in [-0.2, -0.15) is 38.9 Å². The molecule has 73 heavy (non-hydrogen) atoms. The number of nitrogens with zero attached hydrogens (tertiary/aromatic N) is 11. The smallest absolute Gasteiger partial charge is 0.297 e. The van der Waals surface area contributed by atoms with Crippen molar-refractivity contribution >= 4 is 136 Å². The highest BCUT2D eigenvalue weighted by molar-refractivity contribution is 8.01. The second kappa shape index (κ2) is 19.7. The van der Waals surface area contributed by atoms with E-state index in [1.54, 1.807) is 30.3 Å². The maximum Gasteiger partial charge on any atom is 0.297 e. The number of hydrogen-bond acceptors (Lipinski definition) is 23. The zero-order chi connectivity index (χ0) is 52.8. The number of imidazole rings is 1. The number of carbonyl (C=O) groups excluding carboxylic acids is 1. The van der Waals surface area contributed by atoms with Gasteiger partial charge >= 0.3 is 0 Å². The number of azo groups is 3. The van der Waals surface area contributed by atoms with Gasteiger partial charge in [0.25, 0.3) is 51.5 Å². The van der Waals surface area contributed by atoms with Gasteiger partial charge in [0, 0.05) is 27.7 Å². The van der Waals surface area contributed by atoms with Crippen LogP contribution in [0.3, 0.4) is 0 Å². The molecule has 8 rings (SSSR count). The maximum atomic E-state index is 13.4. The number of pyridine rings is 1. The Morgan fingerprint density at radius 2 is 1.40 bits per heavy atom. The lowest BCUT2D eigenvalue weighted by molar-refractivity contribution is 0.102. The fourth-order valence-corrected chi connectivity index (χ4v) is 11.5. The van der Waals surface area contributed by atoms with Gasteiger partial charge in [-0.3, -0.25) is 27.4 Å². The Morgan fingerprint density at radius 3 is 2.07 bits per heavy atom. The highest BCUT2D eigenvalue weighted by Gasteiger charge is 2.29. The number of aromatic nitrogens is 4. The number of carbonyl (C=O) groups is 1. The number of fused-ring (bicyclic) bond motifs is 4. The van der Waals surface area contributed by atoms with E-state index in [1.807, 2.05) is 6.07 Å². The minimum Gasteiger partial charge on any atom is -0.505 e. The molecule has 0 spiro atoms. The molecule has 0 aliphatic rings. The number of nitriles is 1. The van der Waals surface area contributed by atoms with Crippen molar-refractivity contribution < 1.29 is 66.9 Å². The summed E-state index contributed by atoms with van der Waals surface area (Å²) in [5.74, 6) is -3.35. The minimum absolute atomic E-state index is 0.0422. The number of thioether (sulfide) groups is 1. The van der Waals surface area contributed by atoms with Gasteiger partial charge in [-0.1, -0.05) is 53.4 Å². The third-order valence-corrected chi connectivity index (χ3v) is 15.7. The average molecular weight is 1110 g/mol. The van der Waals surface area contributed by atoms with Gasteiger partial charge in [0.15, 0.2) is 21.4 Å². The summed E-state index contributed by atoms with van der Waals surface area (Å²) in [6, 6.07) is 19.7. The second-order valence-corrected chi connectivity index (χ2v) is 22.8. The van der Waals surface area contributed by atoms with Crippen LogP contribution in [-0.4, -0.2) is 99.1 Å². The number of aromatic hydroxyl groups is 2. The third-order valence-electron chi connectivity index (χ3n) is 10.1. The van der Waals surface area contributed by atoms with E-state index in [4.69, 9.17) is 4.55 Å². The number of para-hydroxylation sites is 2. The molecule has 0 radical (unpaired) electrons. The molecule has 0 atom stereocenters. The number of hydrogen-bond donors (Lipinski definition) is 7. The molecule has 33 heteroatoms. The standard InChI is InChI=1S/C40H28N12O15S6/c1-19-23(18-41)36-42-24-9-5-6-10-29(24)52(36)38(55)32(19)47-44-25-12-11-21-22(35(25)73(65,66)67)15-31(72(62,63)64)33(34(21)53)48-46-28-16-26(43-37(54)20-7-3-2-4-8-20)27(17-30(28)71(59,60)61)45-49-39-50-51-40(69-39)68-13-14-70(56,57)58/h2-12,15-17,53,55H,13-14H2,1H3,(H,43,54)(H,56,57,58)(H,59,60,61)(H,62,63,64)(H,65,66,67). The van der Waals surface area contributed by atoms with E-state index in [1.165, 1.54) is 35.6 Å². The van der Waals surface area contributed by atoms with Gasteiger partial charge in [-0.15, -0.1) is 40.9 Å². The fraction of sp³-hybridized carbons (Fsp3) is 0.0750. The Bertz CT molecular complexity index is 4240. The van der Waals surface area contributed by atoms with Crippen LogP contribution >= 0.6 is 23.1 Å². The summed E-state index contributed by atoms with van der Waals surface area (Å²) in [5, 5.41) is 64.6. The number of anilines is 1. The number of nitrogens with one attached hydrogen (secondary N) is 1. The van der Waals surface area contributed by atoms with E-state index in [9.17, 15) is 67.6 Å². The molecule has 1 amide bonds. The number of rotatable bonds is 15. The molecule has 3 heterocycles. The van der Waals surface area contributed by atoms with Crippen molar-refractivity contribution in [3.8, 4) is 17.7 Å². The van der Waals surface area contributed by atoms with Gasteiger partial charge in [0.1, 0.15) is 49.1 Å². The zero-order valence-corrected chi connectivity index (χ0v) is 41.1. The lowest BCUT2D eigenvalue weighted by Crippen LogP contribution is -2.12. The van der Waals surface area contributed by atoms with Crippen LogP contribution in [-0.2, 0) is 40.5 Å². The highest BCUT2D eigenvalue weighted by atomic mass is 32.2. The van der Waals surface area contributed by atoms with Crippen LogP contribution in [0, 0.1) is 18.3 Å². The van der Waals surface area contributed by atoms with Crippen LogP contribution in [0.15, 0.2) is 135 Å². The van der Waals surface area contributed by atoms with Gasteiger partial charge < -0.3 is 15.5 Å². The number of amides is 1. The molecule has 0 saturated carbocycles. The van der Waals surface area contributed by atoms with Gasteiger partial charge in [0.05, 0.1) is 22.5 Å². The van der Waals surface area contributed by atoms with E-state index < -0.39 is 112 Å². The summed E-state index contributed by atoms with van der Waals surface area (Å²) in [7, 11) is -20.7. The molecule has 5 aromatic carbocycles. The Labute approximate surface area is 418 Å². The maximum absolute atomic E-state index is 13.4. The van der Waals surface area contributed by atoms with E-state index in [-0.39, 0.29) is 48.9 Å². The first-order valence-electron chi connectivity index (χ1n) is 19.8. The topological polar surface area (TPSA) is 428 Å². The molecular formula is C40H28N12O15S6. The lowest BCUT2D eigenvalue weighted by atomic mass is 10.1. The summed E-state index contributed by atoms with van der Waals surface area (Å²) >= 11 is 1.69. The molecule has 0 aliphatic carbocycles. The summed E-state index contributed by atoms with van der Waals surface area (Å²) in [4.78, 5) is 14.1. The van der Waals surface area contributed by atoms with Crippen LogP contribution in [0.5, 0.6) is 11.6 Å². The monoisotopic (exact) mass is 1110 g/mol. The van der Waals surface area contributed by atoms with E-state index >= 15 is 0 Å². The van der Waals surface area contributed by atoms with E-state index in [2.05, 4.69) is 51.2 Å². The molecule has 8 aromatic rings. The van der Waals surface area contributed by atoms with Crippen LogP contribution < -0.4 is 5.32 Å². The number of phenols is 1. The van der Waals surface area contributed by atoms with Crippen molar-refractivity contribution in [2.45, 2.75) is 25.9 Å². The normalized spacial score (nSPS) is 12.8. The van der Waals surface area contributed by atoms with E-state index in [0.717, 1.165) is 41.3 Å². The largest absolute Gasteiger partial charge is 0.505 e. The first-order chi connectivity index (χ1) is 34.3. The summed E-state index contributed by atoms with van der Waals surface area (Å²) in [6.45, 7) is 1.39. The lowest BCUT2D eigenvalue weighted by Gasteiger charge is -2.13. The van der Waals surface area contributed by atoms with Gasteiger partial charge in [0.2, 0.25) is 5.88 Å². The van der Waals surface area contributed by atoms with Crippen LogP contribution in [0.2, 0.25) is 0 Å². The molecule has 0 aliphatic heterocycles. The molecule has 7 N–H and O–H groups in total. The molecule has 3 aromatic heterocycles. The quantitative estimate of drug-likeness (QED) is 0.0288. The molecule has 374 valence electrons. The number of benzene rings is 5. The van der Waals surface area contributed by atoms with Crippen LogP contribution in [0.1, 0.15) is 21.5 Å². The summed E-state index contributed by atoms with van der Waals surface area (Å²) < 4.78 is 142. The second-order valence-electron chi connectivity index (χ2n) is 14.8. The fourth-order valence-electron chi connectivity index (χ4n) is 6.90. The summed E-state index contributed by atoms with van der Waals surface area (Å²) in [5.41, 5.74) is -3.08. The van der Waals surface area contributed by atoms with Crippen molar-refractivity contribution in [3.63, 3.8) is 0 Å². The predicted octanol–water partition coefficient (Wildman–Crippen LogP) is 8.30. The Hall–Kier alpha value is -7.78. The minimum atomic E-state index is -5.60. The van der Waals surface area contributed by atoms with Gasteiger partial charge in [-0.05, 0) is 61.5 Å². The molecule has 0 fully saturated rings. The van der Waals surface area contributed by atoms with Crippen LogP contribution in [0.25, 0.3) is 27.5 Å². The Morgan fingerprint density at radius 1 is 0.740 bits per heavy atom. The highest BCUT2D eigenvalue weighted by Crippen LogP contribution is 2.47. The predicted molar refractivity (Wildman–Crippen MR) is 259 cm³/mol. The first-order valence-corrected chi connectivity index (χ1v) is 27.6. The third kappa shape index (κ3) is 10.9. The van der Waals surface area contributed by atoms with Crippen molar-refractivity contribution in [3.05, 3.63) is 102 Å². The van der Waals surface area contributed by atoms with Crippen molar-refractivity contribution in [2.24, 2.45) is 30.7 Å². The average Bonchev–Trinajstić information content (AvgIpc) is 3.94. The number of phenolic OH excluding ortho intramolecular Hbond substituents is 1. The molecule has 27 nitrogen and oxygen atoms in total. The first kappa shape index (κ1) is 51.6. The molecule has 0 saturated heterocycles. The summed E-state index contributed by atoms with van der Waals surface area (Å²) in [6.07, 6.45) is 0. The zero-order valence-electron chi connectivity index (χ0n) is 36.2. The molecular weight excluding hydrogens is 1080 g/mol. The molecule has 0 bridgehead atoms. The van der Waals surface area contributed by atoms with Crippen LogP contribution in [0.4, 0.5) is 39.3 Å². The van der Waals surface area contributed by atoms with E-state index in [0.29, 0.717) is 23.2 Å². The van der Waals surface area contributed by atoms with Gasteiger partial charge in [-0.25, -0.2) is 4.98 Å². The molecule has 0 unspecified atom stereocenters. The van der Waals surface area contributed by atoms with Crippen molar-refractivity contribution in [1.82, 2.24) is 19.6 Å². The SMILES string of the molecule is Cc1c(N=Nc2ccc3c(O)c(N=Nc4cc(NC(=O)c5ccccc5)c(N=Nc5nnc(SCCS(=O)(=O)O)s5)cc4S(=O)(=O)O)c(S(=O)(=O)O)cc3c2S(=O)(=O)O)c(O)n2c(nc3ccccc32)c1C#N. The van der Waals surface area contributed by atoms with Crippen molar-refractivity contribution in [1.29, 1.82) is 5.26 Å². The Kier molecular flexibility index (Phi) is 13.9. The van der Waals surface area contributed by atoms with Crippen molar-refractivity contribution in [2.75, 3.05) is 16.8 Å².